The van der Waals surface area contributed by atoms with Gasteiger partial charge in [0.15, 0.2) is 5.84 Å². The Morgan fingerprint density at radius 1 is 1.63 bits per heavy atom. The first kappa shape index (κ1) is 14.6. The number of hydrazone groups is 1. The zero-order chi connectivity index (χ0) is 14.6. The van der Waals surface area contributed by atoms with Crippen molar-refractivity contribution >= 4 is 39.1 Å². The molecule has 0 unspecified atom stereocenters. The molecule has 1 aromatic carbocycles. The number of hydrogen-bond acceptors (Lipinski definition) is 5. The van der Waals surface area contributed by atoms with E-state index < -0.39 is 29.0 Å². The summed E-state index contributed by atoms with van der Waals surface area (Å²) >= 11 is 2.97. The summed E-state index contributed by atoms with van der Waals surface area (Å²) in [6, 6.07) is 3.76. The molecule has 0 aliphatic carbocycles. The molecule has 0 spiro atoms. The molecule has 5 N–H and O–H groups in total. The standard InChI is InChI=1S/C10H7BrFN5O2/c11-4-1-2-5(12)8(7(4)10(18)19)17-16-6(3-13)9(14)15/h1-2,17H,(H3,14,15)(H,18,19)/b16-6+. The van der Waals surface area contributed by atoms with Crippen molar-refractivity contribution in [2.75, 3.05) is 5.43 Å². The topological polar surface area (TPSA) is 135 Å². The fourth-order valence-electron chi connectivity index (χ4n) is 1.13. The van der Waals surface area contributed by atoms with E-state index in [-0.39, 0.29) is 10.0 Å². The molecule has 1 aromatic rings. The monoisotopic (exact) mass is 327 g/mol. The third-order valence-electron chi connectivity index (χ3n) is 1.96. The smallest absolute Gasteiger partial charge is 0.339 e. The van der Waals surface area contributed by atoms with E-state index >= 15 is 0 Å². The van der Waals surface area contributed by atoms with Crippen LogP contribution in [-0.2, 0) is 0 Å². The number of carboxylic acids is 1. The third kappa shape index (κ3) is 3.26. The summed E-state index contributed by atoms with van der Waals surface area (Å²) in [7, 11) is 0. The molecule has 0 aliphatic rings. The van der Waals surface area contributed by atoms with Gasteiger partial charge in [0.2, 0.25) is 5.71 Å². The Hall–Kier alpha value is -2.47. The maximum absolute atomic E-state index is 13.6. The second-order valence-electron chi connectivity index (χ2n) is 3.18. The number of nitrogens with one attached hydrogen (secondary N) is 2. The average molecular weight is 328 g/mol. The van der Waals surface area contributed by atoms with E-state index in [1.807, 2.05) is 0 Å². The largest absolute Gasteiger partial charge is 0.478 e. The Morgan fingerprint density at radius 2 is 2.26 bits per heavy atom. The maximum atomic E-state index is 13.6. The number of nitrogens with two attached hydrogens (primary N) is 1. The van der Waals surface area contributed by atoms with Crippen LogP contribution in [-0.4, -0.2) is 22.6 Å². The molecule has 0 amide bonds. The first-order chi connectivity index (χ1) is 8.88. The minimum atomic E-state index is -1.38. The molecule has 19 heavy (non-hydrogen) atoms. The van der Waals surface area contributed by atoms with Crippen molar-refractivity contribution in [2.24, 2.45) is 10.8 Å². The van der Waals surface area contributed by atoms with E-state index in [4.69, 9.17) is 21.5 Å². The van der Waals surface area contributed by atoms with E-state index in [1.54, 1.807) is 0 Å². The van der Waals surface area contributed by atoms with Gasteiger partial charge in [0, 0.05) is 4.47 Å². The summed E-state index contributed by atoms with van der Waals surface area (Å²) < 4.78 is 13.7. The summed E-state index contributed by atoms with van der Waals surface area (Å²) in [5.41, 5.74) is 5.83. The molecule has 0 radical (unpaired) electrons. The molecule has 0 atom stereocenters. The number of amidine groups is 1. The van der Waals surface area contributed by atoms with Crippen LogP contribution < -0.4 is 11.2 Å². The van der Waals surface area contributed by atoms with E-state index in [2.05, 4.69) is 26.5 Å². The van der Waals surface area contributed by atoms with E-state index in [0.29, 0.717) is 0 Å². The number of anilines is 1. The van der Waals surface area contributed by atoms with Gasteiger partial charge in [-0.1, -0.05) is 0 Å². The quantitative estimate of drug-likeness (QED) is 0.377. The Balaban J connectivity index is 3.29. The molecule has 0 aromatic heterocycles. The van der Waals surface area contributed by atoms with Crippen molar-refractivity contribution in [3.05, 3.63) is 28.0 Å². The van der Waals surface area contributed by atoms with Gasteiger partial charge in [-0.2, -0.15) is 10.4 Å². The summed E-state index contributed by atoms with van der Waals surface area (Å²) in [4.78, 5) is 11.0. The highest BCUT2D eigenvalue weighted by molar-refractivity contribution is 9.10. The van der Waals surface area contributed by atoms with Crippen LogP contribution in [0.4, 0.5) is 10.1 Å². The lowest BCUT2D eigenvalue weighted by Crippen LogP contribution is -2.22. The number of benzene rings is 1. The van der Waals surface area contributed by atoms with Crippen LogP contribution in [0.25, 0.3) is 0 Å². The van der Waals surface area contributed by atoms with Gasteiger partial charge < -0.3 is 10.8 Å². The number of carbonyl (C=O) groups is 1. The lowest BCUT2D eigenvalue weighted by Gasteiger charge is -2.08. The van der Waals surface area contributed by atoms with Crippen molar-refractivity contribution in [2.45, 2.75) is 0 Å². The van der Waals surface area contributed by atoms with Crippen molar-refractivity contribution in [3.8, 4) is 6.07 Å². The minimum absolute atomic E-state index is 0.139. The highest BCUT2D eigenvalue weighted by Gasteiger charge is 2.18. The number of rotatable bonds is 4. The van der Waals surface area contributed by atoms with E-state index in [1.165, 1.54) is 12.1 Å². The molecular weight excluding hydrogens is 321 g/mol. The summed E-state index contributed by atoms with van der Waals surface area (Å²) in [5, 5.41) is 28.0. The van der Waals surface area contributed by atoms with Gasteiger partial charge in [-0.3, -0.25) is 10.8 Å². The number of hydrogen-bond donors (Lipinski definition) is 4. The molecule has 0 saturated heterocycles. The van der Waals surface area contributed by atoms with Crippen LogP contribution in [0.15, 0.2) is 21.7 Å². The average Bonchev–Trinajstić information content (AvgIpc) is 2.33. The fourth-order valence-corrected chi connectivity index (χ4v) is 1.63. The molecule has 1 rings (SSSR count). The van der Waals surface area contributed by atoms with Gasteiger partial charge in [0.05, 0.1) is 0 Å². The molecule has 98 valence electrons. The van der Waals surface area contributed by atoms with Gasteiger partial charge in [-0.15, -0.1) is 0 Å². The zero-order valence-corrected chi connectivity index (χ0v) is 10.8. The van der Waals surface area contributed by atoms with Crippen LogP contribution in [0.1, 0.15) is 10.4 Å². The van der Waals surface area contributed by atoms with Crippen LogP contribution in [0.5, 0.6) is 0 Å². The second kappa shape index (κ2) is 5.92. The molecule has 0 fully saturated rings. The van der Waals surface area contributed by atoms with Crippen molar-refractivity contribution in [3.63, 3.8) is 0 Å². The molecule has 7 nitrogen and oxygen atoms in total. The summed E-state index contributed by atoms with van der Waals surface area (Å²) in [5.74, 6) is -2.88. The lowest BCUT2D eigenvalue weighted by molar-refractivity contribution is 0.0696. The Morgan fingerprint density at radius 3 is 2.74 bits per heavy atom. The first-order valence-corrected chi connectivity index (χ1v) is 5.47. The van der Waals surface area contributed by atoms with Gasteiger partial charge in [-0.05, 0) is 28.1 Å². The number of nitriles is 1. The summed E-state index contributed by atoms with van der Waals surface area (Å²) in [6.45, 7) is 0. The number of halogens is 2. The van der Waals surface area contributed by atoms with Gasteiger partial charge in [0.25, 0.3) is 0 Å². The van der Waals surface area contributed by atoms with Crippen LogP contribution in [0.3, 0.4) is 0 Å². The molecule has 0 saturated carbocycles. The predicted molar refractivity (Wildman–Crippen MR) is 69.6 cm³/mol. The SMILES string of the molecule is N#C/C(=N\Nc1c(F)ccc(Br)c1C(=O)O)C(=N)N. The predicted octanol–water partition coefficient (Wildman–Crippen LogP) is 1.51. The minimum Gasteiger partial charge on any atom is -0.478 e. The first-order valence-electron chi connectivity index (χ1n) is 4.68. The van der Waals surface area contributed by atoms with Gasteiger partial charge in [0.1, 0.15) is 23.1 Å². The Kier molecular flexibility index (Phi) is 4.55. The lowest BCUT2D eigenvalue weighted by atomic mass is 10.2. The van der Waals surface area contributed by atoms with E-state index in [9.17, 15) is 9.18 Å². The van der Waals surface area contributed by atoms with Gasteiger partial charge in [-0.25, -0.2) is 9.18 Å². The van der Waals surface area contributed by atoms with Crippen LogP contribution in [0, 0.1) is 22.6 Å². The van der Waals surface area contributed by atoms with Crippen molar-refractivity contribution in [1.29, 1.82) is 10.7 Å². The normalized spacial score (nSPS) is 10.7. The molecule has 0 bridgehead atoms. The van der Waals surface area contributed by atoms with Crippen molar-refractivity contribution in [1.82, 2.24) is 0 Å². The number of aromatic carboxylic acids is 1. The zero-order valence-electron chi connectivity index (χ0n) is 9.24. The second-order valence-corrected chi connectivity index (χ2v) is 4.04. The third-order valence-corrected chi connectivity index (χ3v) is 2.62. The number of carboxylic acid groups (broad SMARTS) is 1. The maximum Gasteiger partial charge on any atom is 0.339 e. The van der Waals surface area contributed by atoms with Crippen LogP contribution in [0.2, 0.25) is 0 Å². The van der Waals surface area contributed by atoms with E-state index in [0.717, 1.165) is 6.07 Å². The highest BCUT2D eigenvalue weighted by Crippen LogP contribution is 2.27. The highest BCUT2D eigenvalue weighted by atomic mass is 79.9. The molecule has 0 aliphatic heterocycles. The van der Waals surface area contributed by atoms with Crippen molar-refractivity contribution < 1.29 is 14.3 Å². The Labute approximate surface area is 115 Å². The number of nitrogens with zero attached hydrogens (tertiary/aromatic N) is 2. The Bertz CT molecular complexity index is 623. The fraction of sp³-hybridized carbons (Fsp3) is 0. The van der Waals surface area contributed by atoms with Gasteiger partial charge >= 0.3 is 5.97 Å². The van der Waals surface area contributed by atoms with Crippen LogP contribution >= 0.6 is 15.9 Å². The molecular formula is C10H7BrFN5O2. The summed E-state index contributed by atoms with van der Waals surface area (Å²) in [6.07, 6.45) is 0. The molecule has 0 heterocycles. The molecule has 9 heteroatoms.